The highest BCUT2D eigenvalue weighted by Gasteiger charge is 2.13. The maximum absolute atomic E-state index is 11.9. The molecule has 0 saturated carbocycles. The van der Waals surface area contributed by atoms with Crippen molar-refractivity contribution in [2.24, 2.45) is 0 Å². The fraction of sp³-hybridized carbons (Fsp3) is 0.167. The Hall–Kier alpha value is -2.57. The maximum atomic E-state index is 11.9. The van der Waals surface area contributed by atoms with Gasteiger partial charge in [0.25, 0.3) is 0 Å². The minimum atomic E-state index is -0.799. The molecule has 0 radical (unpaired) electrons. The number of benzene rings is 2. The second-order valence-electron chi connectivity index (χ2n) is 5.46. The molecule has 0 aliphatic rings. The Morgan fingerprint density at radius 3 is 2.27 bits per heavy atom. The molecule has 2 rings (SSSR count). The first-order chi connectivity index (χ1) is 12.3. The number of amides is 3. The van der Waals surface area contributed by atoms with Crippen LogP contribution in [0.1, 0.15) is 12.5 Å². The lowest BCUT2D eigenvalue weighted by Crippen LogP contribution is -2.36. The van der Waals surface area contributed by atoms with E-state index in [2.05, 4.69) is 16.0 Å². The Morgan fingerprint density at radius 1 is 0.923 bits per heavy atom. The van der Waals surface area contributed by atoms with E-state index in [1.807, 2.05) is 0 Å². The Morgan fingerprint density at radius 2 is 1.62 bits per heavy atom. The third-order valence-electron chi connectivity index (χ3n) is 3.34. The molecule has 0 spiro atoms. The Balaban J connectivity index is 1.85. The molecule has 26 heavy (non-hydrogen) atoms. The van der Waals surface area contributed by atoms with Gasteiger partial charge in [0.1, 0.15) is 0 Å². The second-order valence-corrected chi connectivity index (χ2v) is 6.30. The van der Waals surface area contributed by atoms with E-state index in [1.165, 1.54) is 6.92 Å². The van der Waals surface area contributed by atoms with Crippen LogP contribution in [0.3, 0.4) is 0 Å². The summed E-state index contributed by atoms with van der Waals surface area (Å²) in [5.74, 6) is -1.79. The van der Waals surface area contributed by atoms with Gasteiger partial charge in [-0.3, -0.25) is 14.4 Å². The molecule has 3 amide bonds. The van der Waals surface area contributed by atoms with E-state index in [9.17, 15) is 14.4 Å². The van der Waals surface area contributed by atoms with E-state index in [1.54, 1.807) is 42.5 Å². The van der Waals surface area contributed by atoms with Crippen LogP contribution in [0.15, 0.2) is 42.5 Å². The Bertz CT molecular complexity index is 840. The number of carbonyl (C=O) groups is 3. The molecule has 2 aromatic rings. The zero-order chi connectivity index (χ0) is 19.1. The molecule has 0 aliphatic heterocycles. The van der Waals surface area contributed by atoms with Gasteiger partial charge >= 0.3 is 11.8 Å². The van der Waals surface area contributed by atoms with Crippen molar-refractivity contribution >= 4 is 52.3 Å². The van der Waals surface area contributed by atoms with E-state index in [4.69, 9.17) is 23.2 Å². The van der Waals surface area contributed by atoms with Crippen molar-refractivity contribution in [3.8, 4) is 0 Å². The van der Waals surface area contributed by atoms with Gasteiger partial charge in [0, 0.05) is 34.9 Å². The number of hydrogen-bond donors (Lipinski definition) is 3. The first-order valence-corrected chi connectivity index (χ1v) is 8.51. The van der Waals surface area contributed by atoms with Crippen molar-refractivity contribution < 1.29 is 14.4 Å². The van der Waals surface area contributed by atoms with Crippen LogP contribution in [0.25, 0.3) is 0 Å². The van der Waals surface area contributed by atoms with Crippen molar-refractivity contribution in [3.05, 3.63) is 58.1 Å². The van der Waals surface area contributed by atoms with Gasteiger partial charge in [0.05, 0.1) is 0 Å². The van der Waals surface area contributed by atoms with Gasteiger partial charge in [0.2, 0.25) is 5.91 Å². The normalized spacial score (nSPS) is 10.1. The van der Waals surface area contributed by atoms with Crippen LogP contribution >= 0.6 is 23.2 Å². The summed E-state index contributed by atoms with van der Waals surface area (Å²) in [4.78, 5) is 34.9. The van der Waals surface area contributed by atoms with Gasteiger partial charge in [-0.05, 0) is 42.3 Å². The average molecular weight is 394 g/mol. The molecule has 0 heterocycles. The molecule has 6 nitrogen and oxygen atoms in total. The minimum absolute atomic E-state index is 0.230. The molecule has 3 N–H and O–H groups in total. The third-order valence-corrected chi connectivity index (χ3v) is 3.93. The van der Waals surface area contributed by atoms with Gasteiger partial charge in [-0.15, -0.1) is 0 Å². The number of anilines is 2. The fourth-order valence-corrected chi connectivity index (χ4v) is 2.68. The lowest BCUT2D eigenvalue weighted by molar-refractivity contribution is -0.136. The van der Waals surface area contributed by atoms with Gasteiger partial charge in [-0.2, -0.15) is 0 Å². The lowest BCUT2D eigenvalue weighted by Gasteiger charge is -2.09. The Labute approximate surface area is 160 Å². The SMILES string of the molecule is CC(=O)Nc1cccc(NC(=O)C(=O)NCCc2ccc(Cl)cc2Cl)c1. The molecule has 0 bridgehead atoms. The first-order valence-electron chi connectivity index (χ1n) is 7.76. The van der Waals surface area contributed by atoms with E-state index in [0.29, 0.717) is 27.8 Å². The quantitative estimate of drug-likeness (QED) is 0.681. The van der Waals surface area contributed by atoms with Crippen LogP contribution in [-0.4, -0.2) is 24.3 Å². The van der Waals surface area contributed by atoms with Crippen molar-refractivity contribution in [2.75, 3.05) is 17.2 Å². The minimum Gasteiger partial charge on any atom is -0.347 e. The highest BCUT2D eigenvalue weighted by atomic mass is 35.5. The maximum Gasteiger partial charge on any atom is 0.313 e. The van der Waals surface area contributed by atoms with Crippen LogP contribution in [-0.2, 0) is 20.8 Å². The van der Waals surface area contributed by atoms with E-state index in [0.717, 1.165) is 5.56 Å². The van der Waals surface area contributed by atoms with Crippen LogP contribution in [0.2, 0.25) is 10.0 Å². The van der Waals surface area contributed by atoms with Crippen molar-refractivity contribution in [2.45, 2.75) is 13.3 Å². The highest BCUT2D eigenvalue weighted by molar-refractivity contribution is 6.39. The predicted octanol–water partition coefficient (Wildman–Crippen LogP) is 3.25. The summed E-state index contributed by atoms with van der Waals surface area (Å²) in [5, 5.41) is 8.64. The Kier molecular flexibility index (Phi) is 7.00. The number of nitrogens with one attached hydrogen (secondary N) is 3. The van der Waals surface area contributed by atoms with Crippen LogP contribution < -0.4 is 16.0 Å². The van der Waals surface area contributed by atoms with Gasteiger partial charge in [0.15, 0.2) is 0 Å². The summed E-state index contributed by atoms with van der Waals surface area (Å²) in [6.07, 6.45) is 0.465. The summed E-state index contributed by atoms with van der Waals surface area (Å²) in [6, 6.07) is 11.6. The first kappa shape index (κ1) is 19.8. The monoisotopic (exact) mass is 393 g/mol. The lowest BCUT2D eigenvalue weighted by atomic mass is 10.1. The molecular weight excluding hydrogens is 377 g/mol. The van der Waals surface area contributed by atoms with Crippen LogP contribution in [0.5, 0.6) is 0 Å². The summed E-state index contributed by atoms with van der Waals surface area (Å²) in [6.45, 7) is 1.63. The van der Waals surface area contributed by atoms with E-state index in [-0.39, 0.29) is 12.5 Å². The summed E-state index contributed by atoms with van der Waals surface area (Å²) in [7, 11) is 0. The molecule has 0 aromatic heterocycles. The third kappa shape index (κ3) is 6.06. The summed E-state index contributed by atoms with van der Waals surface area (Å²) >= 11 is 11.9. The molecule has 2 aromatic carbocycles. The van der Waals surface area contributed by atoms with E-state index >= 15 is 0 Å². The van der Waals surface area contributed by atoms with Gasteiger partial charge in [-0.25, -0.2) is 0 Å². The molecular formula is C18H17Cl2N3O3. The zero-order valence-corrected chi connectivity index (χ0v) is 15.4. The molecule has 0 unspecified atom stereocenters. The predicted molar refractivity (Wildman–Crippen MR) is 103 cm³/mol. The fourth-order valence-electron chi connectivity index (χ4n) is 2.18. The van der Waals surface area contributed by atoms with Crippen molar-refractivity contribution in [1.29, 1.82) is 0 Å². The summed E-state index contributed by atoms with van der Waals surface area (Å²) in [5.41, 5.74) is 1.74. The van der Waals surface area contributed by atoms with Crippen molar-refractivity contribution in [1.82, 2.24) is 5.32 Å². The van der Waals surface area contributed by atoms with E-state index < -0.39 is 11.8 Å². The number of halogens is 2. The molecule has 136 valence electrons. The van der Waals surface area contributed by atoms with Crippen LogP contribution in [0.4, 0.5) is 11.4 Å². The zero-order valence-electron chi connectivity index (χ0n) is 13.9. The molecule has 0 fully saturated rings. The standard InChI is InChI=1S/C18H17Cl2N3O3/c1-11(24)22-14-3-2-4-15(10-14)23-18(26)17(25)21-8-7-12-5-6-13(19)9-16(12)20/h2-6,9-10H,7-8H2,1H3,(H,21,25)(H,22,24)(H,23,26). The second kappa shape index (κ2) is 9.22. The average Bonchev–Trinajstić information content (AvgIpc) is 2.56. The summed E-state index contributed by atoms with van der Waals surface area (Å²) < 4.78 is 0. The number of hydrogen-bond acceptors (Lipinski definition) is 3. The molecule has 8 heteroatoms. The molecule has 0 atom stereocenters. The molecule has 0 aliphatic carbocycles. The van der Waals surface area contributed by atoms with Gasteiger partial charge < -0.3 is 16.0 Å². The number of rotatable bonds is 5. The number of carbonyl (C=O) groups excluding carboxylic acids is 3. The highest BCUT2D eigenvalue weighted by Crippen LogP contribution is 2.21. The van der Waals surface area contributed by atoms with Crippen molar-refractivity contribution in [3.63, 3.8) is 0 Å². The largest absolute Gasteiger partial charge is 0.347 e. The smallest absolute Gasteiger partial charge is 0.313 e. The van der Waals surface area contributed by atoms with Crippen LogP contribution in [0, 0.1) is 0 Å². The van der Waals surface area contributed by atoms with Gasteiger partial charge in [-0.1, -0.05) is 35.3 Å². The molecule has 0 saturated heterocycles. The topological polar surface area (TPSA) is 87.3 Å².